The lowest BCUT2D eigenvalue weighted by molar-refractivity contribution is -0.127. The standard InChI is InChI=1S/C14H19ClN2O2/c1-8(16)10-3-6-13(12(15)7-10)19-9(2)14(18)17-11-4-5-11/h3,6-9,11H,4-5,16H2,1-2H3,(H,17,18)/t8-,9?/m0/s1. The van der Waals surface area contributed by atoms with E-state index in [0.29, 0.717) is 16.8 Å². The van der Waals surface area contributed by atoms with E-state index in [0.717, 1.165) is 18.4 Å². The van der Waals surface area contributed by atoms with Gasteiger partial charge in [-0.1, -0.05) is 17.7 Å². The number of benzene rings is 1. The minimum atomic E-state index is -0.556. The molecular weight excluding hydrogens is 264 g/mol. The number of amides is 1. The Morgan fingerprint density at radius 1 is 1.47 bits per heavy atom. The van der Waals surface area contributed by atoms with Crippen molar-refractivity contribution in [3.63, 3.8) is 0 Å². The first-order chi connectivity index (χ1) is 8.97. The first-order valence-corrected chi connectivity index (χ1v) is 6.87. The summed E-state index contributed by atoms with van der Waals surface area (Å²) in [5.41, 5.74) is 6.72. The summed E-state index contributed by atoms with van der Waals surface area (Å²) in [6.45, 7) is 3.60. The lowest BCUT2D eigenvalue weighted by Crippen LogP contribution is -2.37. The fourth-order valence-corrected chi connectivity index (χ4v) is 1.92. The number of ether oxygens (including phenoxy) is 1. The number of halogens is 1. The van der Waals surface area contributed by atoms with E-state index in [1.165, 1.54) is 0 Å². The largest absolute Gasteiger partial charge is 0.479 e. The van der Waals surface area contributed by atoms with Crippen molar-refractivity contribution in [2.45, 2.75) is 44.9 Å². The molecule has 0 bridgehead atoms. The number of hydrogen-bond donors (Lipinski definition) is 2. The van der Waals surface area contributed by atoms with Crippen LogP contribution in [0.4, 0.5) is 0 Å². The van der Waals surface area contributed by atoms with Gasteiger partial charge in [0.1, 0.15) is 5.75 Å². The molecule has 0 heterocycles. The van der Waals surface area contributed by atoms with Gasteiger partial charge < -0.3 is 15.8 Å². The van der Waals surface area contributed by atoms with Crippen molar-refractivity contribution in [1.82, 2.24) is 5.32 Å². The zero-order valence-electron chi connectivity index (χ0n) is 11.2. The third kappa shape index (κ3) is 3.85. The Morgan fingerprint density at radius 3 is 2.68 bits per heavy atom. The first kappa shape index (κ1) is 14.2. The Hall–Kier alpha value is -1.26. The predicted molar refractivity (Wildman–Crippen MR) is 75.3 cm³/mol. The number of nitrogens with two attached hydrogens (primary N) is 1. The van der Waals surface area contributed by atoms with Gasteiger partial charge in [0.25, 0.3) is 5.91 Å². The maximum Gasteiger partial charge on any atom is 0.260 e. The summed E-state index contributed by atoms with van der Waals surface area (Å²) < 4.78 is 5.59. The van der Waals surface area contributed by atoms with Gasteiger partial charge in [0.05, 0.1) is 5.02 Å². The SMILES string of the molecule is CC(Oc1ccc([C@H](C)N)cc1Cl)C(=O)NC1CC1. The fourth-order valence-electron chi connectivity index (χ4n) is 1.69. The molecule has 2 atom stereocenters. The minimum absolute atomic E-state index is 0.0814. The van der Waals surface area contributed by atoms with Crippen LogP contribution in [-0.2, 0) is 4.79 Å². The molecular formula is C14H19ClN2O2. The second-order valence-electron chi connectivity index (χ2n) is 5.02. The van der Waals surface area contributed by atoms with Crippen molar-refractivity contribution in [3.8, 4) is 5.75 Å². The molecule has 1 unspecified atom stereocenters. The zero-order valence-corrected chi connectivity index (χ0v) is 11.9. The van der Waals surface area contributed by atoms with Crippen molar-refractivity contribution < 1.29 is 9.53 Å². The Balaban J connectivity index is 1.99. The van der Waals surface area contributed by atoms with Crippen molar-refractivity contribution in [3.05, 3.63) is 28.8 Å². The zero-order chi connectivity index (χ0) is 14.0. The van der Waals surface area contributed by atoms with Crippen molar-refractivity contribution in [1.29, 1.82) is 0 Å². The van der Waals surface area contributed by atoms with Crippen molar-refractivity contribution >= 4 is 17.5 Å². The third-order valence-electron chi connectivity index (χ3n) is 3.08. The van der Waals surface area contributed by atoms with Crippen LogP contribution in [0.3, 0.4) is 0 Å². The van der Waals surface area contributed by atoms with Gasteiger partial charge in [-0.25, -0.2) is 0 Å². The van der Waals surface area contributed by atoms with Crippen molar-refractivity contribution in [2.75, 3.05) is 0 Å². The highest BCUT2D eigenvalue weighted by Crippen LogP contribution is 2.28. The molecule has 1 aromatic rings. The van der Waals surface area contributed by atoms with Gasteiger partial charge in [0.15, 0.2) is 6.10 Å². The van der Waals surface area contributed by atoms with Crippen LogP contribution in [0.25, 0.3) is 0 Å². The van der Waals surface area contributed by atoms with Crippen LogP contribution >= 0.6 is 11.6 Å². The molecule has 0 aliphatic heterocycles. The third-order valence-corrected chi connectivity index (χ3v) is 3.37. The smallest absolute Gasteiger partial charge is 0.260 e. The van der Waals surface area contributed by atoms with Crippen LogP contribution in [0.15, 0.2) is 18.2 Å². The molecule has 0 aromatic heterocycles. The van der Waals surface area contributed by atoms with Crippen LogP contribution in [0.5, 0.6) is 5.75 Å². The average molecular weight is 283 g/mol. The number of rotatable bonds is 5. The molecule has 5 heteroatoms. The van der Waals surface area contributed by atoms with E-state index in [4.69, 9.17) is 22.1 Å². The molecule has 104 valence electrons. The molecule has 1 saturated carbocycles. The van der Waals surface area contributed by atoms with Gasteiger partial charge >= 0.3 is 0 Å². The average Bonchev–Trinajstić information content (AvgIpc) is 3.15. The molecule has 19 heavy (non-hydrogen) atoms. The Morgan fingerprint density at radius 2 is 2.16 bits per heavy atom. The van der Waals surface area contributed by atoms with Crippen LogP contribution in [0.2, 0.25) is 5.02 Å². The fraction of sp³-hybridized carbons (Fsp3) is 0.500. The predicted octanol–water partition coefficient (Wildman–Crippen LogP) is 2.41. The highest BCUT2D eigenvalue weighted by Gasteiger charge is 2.26. The minimum Gasteiger partial charge on any atom is -0.479 e. The van der Waals surface area contributed by atoms with Gasteiger partial charge in [0.2, 0.25) is 0 Å². The summed E-state index contributed by atoms with van der Waals surface area (Å²) in [6.07, 6.45) is 1.56. The van der Waals surface area contributed by atoms with Gasteiger partial charge in [-0.05, 0) is 44.4 Å². The summed E-state index contributed by atoms with van der Waals surface area (Å²) in [4.78, 5) is 11.8. The van der Waals surface area contributed by atoms with Gasteiger partial charge in [0, 0.05) is 12.1 Å². The molecule has 2 rings (SSSR count). The van der Waals surface area contributed by atoms with Crippen LogP contribution in [-0.4, -0.2) is 18.1 Å². The Kier molecular flexibility index (Phi) is 4.32. The van der Waals surface area contributed by atoms with Crippen LogP contribution in [0, 0.1) is 0 Å². The maximum absolute atomic E-state index is 11.8. The Labute approximate surface area is 118 Å². The first-order valence-electron chi connectivity index (χ1n) is 6.49. The topological polar surface area (TPSA) is 64.3 Å². The second-order valence-corrected chi connectivity index (χ2v) is 5.43. The summed E-state index contributed by atoms with van der Waals surface area (Å²) in [6, 6.07) is 5.63. The monoisotopic (exact) mass is 282 g/mol. The summed E-state index contributed by atoms with van der Waals surface area (Å²) in [5.74, 6) is 0.402. The quantitative estimate of drug-likeness (QED) is 0.872. The summed E-state index contributed by atoms with van der Waals surface area (Å²) in [7, 11) is 0. The molecule has 1 fully saturated rings. The van der Waals surface area contributed by atoms with E-state index in [1.807, 2.05) is 13.0 Å². The molecule has 0 radical (unpaired) electrons. The number of nitrogens with one attached hydrogen (secondary N) is 1. The molecule has 1 aromatic carbocycles. The van der Waals surface area contributed by atoms with Gasteiger partial charge in [-0.15, -0.1) is 0 Å². The van der Waals surface area contributed by atoms with Crippen LogP contribution in [0.1, 0.15) is 38.3 Å². The molecule has 1 aliphatic carbocycles. The summed E-state index contributed by atoms with van der Waals surface area (Å²) >= 11 is 6.13. The van der Waals surface area contributed by atoms with Gasteiger partial charge in [-0.3, -0.25) is 4.79 Å². The van der Waals surface area contributed by atoms with Gasteiger partial charge in [-0.2, -0.15) is 0 Å². The lowest BCUT2D eigenvalue weighted by atomic mass is 10.1. The maximum atomic E-state index is 11.8. The van der Waals surface area contributed by atoms with E-state index in [-0.39, 0.29) is 11.9 Å². The molecule has 4 nitrogen and oxygen atoms in total. The lowest BCUT2D eigenvalue weighted by Gasteiger charge is -2.16. The highest BCUT2D eigenvalue weighted by atomic mass is 35.5. The molecule has 1 amide bonds. The number of hydrogen-bond acceptors (Lipinski definition) is 3. The number of carbonyl (C=O) groups is 1. The van der Waals surface area contributed by atoms with E-state index < -0.39 is 6.10 Å². The van der Waals surface area contributed by atoms with E-state index in [2.05, 4.69) is 5.32 Å². The van der Waals surface area contributed by atoms with Crippen LogP contribution < -0.4 is 15.8 Å². The van der Waals surface area contributed by atoms with Crippen molar-refractivity contribution in [2.24, 2.45) is 5.73 Å². The second kappa shape index (κ2) is 5.80. The molecule has 3 N–H and O–H groups in total. The Bertz CT molecular complexity index is 473. The molecule has 0 saturated heterocycles. The van der Waals surface area contributed by atoms with E-state index >= 15 is 0 Å². The molecule has 0 spiro atoms. The molecule has 1 aliphatic rings. The highest BCUT2D eigenvalue weighted by molar-refractivity contribution is 6.32. The normalized spacial score (nSPS) is 17.7. The van der Waals surface area contributed by atoms with E-state index in [1.54, 1.807) is 19.1 Å². The van der Waals surface area contributed by atoms with E-state index in [9.17, 15) is 4.79 Å². The number of carbonyl (C=O) groups excluding carboxylic acids is 1. The summed E-state index contributed by atoms with van der Waals surface area (Å²) in [5, 5.41) is 3.37.